The number of benzene rings is 1. The van der Waals surface area contributed by atoms with Gasteiger partial charge >= 0.3 is 6.03 Å². The number of carbonyl (C=O) groups excluding carboxylic acids is 1. The second-order valence-electron chi connectivity index (χ2n) is 6.66. The van der Waals surface area contributed by atoms with E-state index in [1.165, 1.54) is 11.1 Å². The highest BCUT2D eigenvalue weighted by Crippen LogP contribution is 2.36. The van der Waals surface area contributed by atoms with Gasteiger partial charge in [-0.2, -0.15) is 0 Å². The quantitative estimate of drug-likeness (QED) is 0.902. The van der Waals surface area contributed by atoms with E-state index in [0.29, 0.717) is 12.3 Å². The van der Waals surface area contributed by atoms with Gasteiger partial charge in [-0.25, -0.2) is 4.79 Å². The van der Waals surface area contributed by atoms with E-state index in [4.69, 9.17) is 0 Å². The number of likely N-dealkylation sites (tertiary alicyclic amines) is 1. The zero-order valence-corrected chi connectivity index (χ0v) is 13.3. The summed E-state index contributed by atoms with van der Waals surface area (Å²) in [5.74, 6) is 0.433. The Bertz CT molecular complexity index is 530. The monoisotopic (exact) mass is 302 g/mol. The first-order valence-electron chi connectivity index (χ1n) is 8.46. The van der Waals surface area contributed by atoms with Crippen LogP contribution in [0.25, 0.3) is 0 Å². The van der Waals surface area contributed by atoms with Gasteiger partial charge in [-0.3, -0.25) is 0 Å². The fourth-order valence-electron chi connectivity index (χ4n) is 3.95. The summed E-state index contributed by atoms with van der Waals surface area (Å²) in [5, 5.41) is 12.5. The molecule has 1 fully saturated rings. The highest BCUT2D eigenvalue weighted by atomic mass is 16.3. The number of carbonyl (C=O) groups is 1. The van der Waals surface area contributed by atoms with E-state index in [1.54, 1.807) is 0 Å². The number of aliphatic hydroxyl groups excluding tert-OH is 1. The van der Waals surface area contributed by atoms with E-state index in [0.717, 1.165) is 32.2 Å². The molecule has 4 nitrogen and oxygen atoms in total. The molecule has 3 unspecified atom stereocenters. The van der Waals surface area contributed by atoms with Crippen molar-refractivity contribution in [3.05, 3.63) is 35.4 Å². The van der Waals surface area contributed by atoms with Crippen LogP contribution in [-0.4, -0.2) is 35.2 Å². The third-order valence-electron chi connectivity index (χ3n) is 5.13. The Morgan fingerprint density at radius 3 is 3.00 bits per heavy atom. The van der Waals surface area contributed by atoms with E-state index < -0.39 is 0 Å². The Labute approximate surface area is 132 Å². The zero-order chi connectivity index (χ0) is 15.5. The maximum Gasteiger partial charge on any atom is 0.318 e. The molecule has 1 aromatic rings. The molecule has 3 rings (SSSR count). The Kier molecular flexibility index (Phi) is 4.67. The van der Waals surface area contributed by atoms with E-state index in [-0.39, 0.29) is 24.7 Å². The number of piperidine rings is 1. The van der Waals surface area contributed by atoms with Gasteiger partial charge in [0, 0.05) is 19.2 Å². The fraction of sp³-hybridized carbons (Fsp3) is 0.611. The lowest BCUT2D eigenvalue weighted by Gasteiger charge is -2.36. The summed E-state index contributed by atoms with van der Waals surface area (Å²) >= 11 is 0. The maximum absolute atomic E-state index is 12.7. The van der Waals surface area contributed by atoms with E-state index in [1.807, 2.05) is 11.0 Å². The third-order valence-corrected chi connectivity index (χ3v) is 5.13. The summed E-state index contributed by atoms with van der Waals surface area (Å²) in [4.78, 5) is 14.7. The van der Waals surface area contributed by atoms with Gasteiger partial charge in [0.05, 0.1) is 6.04 Å². The average molecular weight is 302 g/mol. The molecule has 22 heavy (non-hydrogen) atoms. The second-order valence-corrected chi connectivity index (χ2v) is 6.66. The molecule has 2 aliphatic rings. The summed E-state index contributed by atoms with van der Waals surface area (Å²) in [7, 11) is 0. The lowest BCUT2D eigenvalue weighted by Crippen LogP contribution is -2.50. The van der Waals surface area contributed by atoms with Gasteiger partial charge in [0.25, 0.3) is 0 Å². The molecule has 1 aliphatic heterocycles. The van der Waals surface area contributed by atoms with Crippen molar-refractivity contribution in [3.8, 4) is 0 Å². The lowest BCUT2D eigenvalue weighted by atomic mass is 9.99. The van der Waals surface area contributed by atoms with Crippen LogP contribution >= 0.6 is 0 Å². The third kappa shape index (κ3) is 2.98. The largest absolute Gasteiger partial charge is 0.396 e. The minimum atomic E-state index is 0.0340. The number of nitrogens with zero attached hydrogens (tertiary/aromatic N) is 1. The molecular weight excluding hydrogens is 276 g/mol. The van der Waals surface area contributed by atoms with Crippen molar-refractivity contribution in [1.82, 2.24) is 10.2 Å². The molecule has 2 N–H and O–H groups in total. The van der Waals surface area contributed by atoms with Crippen molar-refractivity contribution in [3.63, 3.8) is 0 Å². The number of amides is 2. The van der Waals surface area contributed by atoms with Crippen LogP contribution in [0, 0.1) is 5.92 Å². The van der Waals surface area contributed by atoms with E-state index in [9.17, 15) is 9.90 Å². The van der Waals surface area contributed by atoms with Gasteiger partial charge < -0.3 is 15.3 Å². The number of aliphatic hydroxyl groups is 1. The zero-order valence-electron chi connectivity index (χ0n) is 13.3. The molecular formula is C18H26N2O2. The summed E-state index contributed by atoms with van der Waals surface area (Å²) in [6, 6.07) is 8.74. The predicted octanol–water partition coefficient (Wildman–Crippen LogP) is 2.87. The Morgan fingerprint density at radius 2 is 2.18 bits per heavy atom. The lowest BCUT2D eigenvalue weighted by molar-refractivity contribution is 0.128. The first-order chi connectivity index (χ1) is 10.7. The van der Waals surface area contributed by atoms with E-state index in [2.05, 4.69) is 30.4 Å². The number of nitrogens with one attached hydrogen (secondary N) is 1. The second kappa shape index (κ2) is 6.69. The Balaban J connectivity index is 1.71. The summed E-state index contributed by atoms with van der Waals surface area (Å²) in [5.41, 5.74) is 2.62. The highest BCUT2D eigenvalue weighted by Gasteiger charge is 2.33. The first kappa shape index (κ1) is 15.3. The van der Waals surface area contributed by atoms with Crippen LogP contribution in [0.3, 0.4) is 0 Å². The van der Waals surface area contributed by atoms with Crippen LogP contribution in [-0.2, 0) is 6.42 Å². The molecule has 1 aliphatic carbocycles. The van der Waals surface area contributed by atoms with Crippen molar-refractivity contribution >= 4 is 6.03 Å². The average Bonchev–Trinajstić information content (AvgIpc) is 2.84. The molecule has 0 spiro atoms. The molecule has 1 saturated heterocycles. The normalized spacial score (nSPS) is 27.5. The highest BCUT2D eigenvalue weighted by molar-refractivity contribution is 5.75. The van der Waals surface area contributed by atoms with Crippen LogP contribution < -0.4 is 5.32 Å². The molecule has 0 saturated carbocycles. The molecule has 3 atom stereocenters. The minimum Gasteiger partial charge on any atom is -0.396 e. The van der Waals surface area contributed by atoms with Crippen LogP contribution in [0.2, 0.25) is 0 Å². The van der Waals surface area contributed by atoms with Crippen molar-refractivity contribution < 1.29 is 9.90 Å². The van der Waals surface area contributed by atoms with Crippen LogP contribution in [0.1, 0.15) is 49.8 Å². The van der Waals surface area contributed by atoms with Crippen LogP contribution in [0.4, 0.5) is 4.79 Å². The summed E-state index contributed by atoms with van der Waals surface area (Å²) < 4.78 is 0. The standard InChI is InChI=1S/C18H26N2O2/c1-13-12-14-6-2-3-8-16(14)17(13)19-18(22)20-10-5-4-7-15(20)9-11-21/h2-3,6,8,13,15,17,21H,4-5,7,9-12H2,1H3,(H,19,22). The van der Waals surface area contributed by atoms with Gasteiger partial charge in [0.15, 0.2) is 0 Å². The number of rotatable bonds is 3. The number of urea groups is 1. The van der Waals surface area contributed by atoms with Crippen LogP contribution in [0.5, 0.6) is 0 Å². The fourth-order valence-corrected chi connectivity index (χ4v) is 3.95. The van der Waals surface area contributed by atoms with Gasteiger partial charge in [-0.15, -0.1) is 0 Å². The van der Waals surface area contributed by atoms with Crippen molar-refractivity contribution in [2.45, 2.75) is 51.1 Å². The Hall–Kier alpha value is -1.55. The number of hydrogen-bond donors (Lipinski definition) is 2. The van der Waals surface area contributed by atoms with Crippen LogP contribution in [0.15, 0.2) is 24.3 Å². The van der Waals surface area contributed by atoms with Gasteiger partial charge in [0.1, 0.15) is 0 Å². The Morgan fingerprint density at radius 1 is 1.36 bits per heavy atom. The van der Waals surface area contributed by atoms with Gasteiger partial charge in [0.2, 0.25) is 0 Å². The molecule has 2 amide bonds. The smallest absolute Gasteiger partial charge is 0.318 e. The molecule has 120 valence electrons. The summed E-state index contributed by atoms with van der Waals surface area (Å²) in [6.07, 6.45) is 4.93. The minimum absolute atomic E-state index is 0.0340. The molecule has 0 aromatic heterocycles. The molecule has 0 bridgehead atoms. The first-order valence-corrected chi connectivity index (χ1v) is 8.46. The number of fused-ring (bicyclic) bond motifs is 1. The van der Waals surface area contributed by atoms with Gasteiger partial charge in [-0.05, 0) is 49.1 Å². The predicted molar refractivity (Wildman–Crippen MR) is 86.6 cm³/mol. The molecule has 0 radical (unpaired) electrons. The van der Waals surface area contributed by atoms with Crippen molar-refractivity contribution in [2.75, 3.05) is 13.2 Å². The van der Waals surface area contributed by atoms with Crippen molar-refractivity contribution in [2.24, 2.45) is 5.92 Å². The molecule has 1 heterocycles. The molecule has 1 aromatic carbocycles. The number of hydrogen-bond acceptors (Lipinski definition) is 2. The van der Waals surface area contributed by atoms with Crippen molar-refractivity contribution in [1.29, 1.82) is 0 Å². The maximum atomic E-state index is 12.7. The SMILES string of the molecule is CC1Cc2ccccc2C1NC(=O)N1CCCCC1CCO. The summed E-state index contributed by atoms with van der Waals surface area (Å²) in [6.45, 7) is 3.16. The van der Waals surface area contributed by atoms with E-state index >= 15 is 0 Å². The molecule has 4 heteroatoms. The van der Waals surface area contributed by atoms with Gasteiger partial charge in [-0.1, -0.05) is 31.2 Å². The topological polar surface area (TPSA) is 52.6 Å².